The lowest BCUT2D eigenvalue weighted by molar-refractivity contribution is -0.139. The Hall–Kier alpha value is -4.08. The zero-order valence-corrected chi connectivity index (χ0v) is 22.0. The number of ether oxygens (including phenoxy) is 1. The van der Waals surface area contributed by atoms with E-state index in [0.717, 1.165) is 0 Å². The maximum atomic E-state index is 13.0. The fraction of sp³-hybridized carbons (Fsp3) is 0.214. The molecule has 4 aromatic rings. The molecule has 0 radical (unpaired) electrons. The van der Waals surface area contributed by atoms with Crippen molar-refractivity contribution < 1.29 is 28.8 Å². The number of nitrogens with one attached hydrogen (secondary N) is 1. The second-order valence-electron chi connectivity index (χ2n) is 9.12. The molecular formula is C28H23Cl2N3O6. The fourth-order valence-corrected chi connectivity index (χ4v) is 5.04. The van der Waals surface area contributed by atoms with E-state index in [4.69, 9.17) is 32.5 Å². The van der Waals surface area contributed by atoms with Crippen LogP contribution in [0.4, 0.5) is 0 Å². The van der Waals surface area contributed by atoms with E-state index in [1.165, 1.54) is 12.1 Å². The molecule has 200 valence electrons. The summed E-state index contributed by atoms with van der Waals surface area (Å²) in [5, 5.41) is 17.0. The van der Waals surface area contributed by atoms with Crippen molar-refractivity contribution in [3.05, 3.63) is 93.7 Å². The summed E-state index contributed by atoms with van der Waals surface area (Å²) >= 11 is 12.1. The number of hydrogen-bond acceptors (Lipinski definition) is 6. The zero-order chi connectivity index (χ0) is 27.5. The van der Waals surface area contributed by atoms with E-state index in [1.807, 2.05) is 12.1 Å². The summed E-state index contributed by atoms with van der Waals surface area (Å²) in [7, 11) is 0. The third-order valence-electron chi connectivity index (χ3n) is 6.47. The van der Waals surface area contributed by atoms with E-state index in [-0.39, 0.29) is 39.8 Å². The van der Waals surface area contributed by atoms with Gasteiger partial charge in [-0.1, -0.05) is 58.7 Å². The molecule has 1 fully saturated rings. The van der Waals surface area contributed by atoms with Gasteiger partial charge >= 0.3 is 5.97 Å². The Morgan fingerprint density at radius 2 is 1.77 bits per heavy atom. The van der Waals surface area contributed by atoms with E-state index in [1.54, 1.807) is 47.4 Å². The lowest BCUT2D eigenvalue weighted by Gasteiger charge is -2.17. The Kier molecular flexibility index (Phi) is 7.72. The van der Waals surface area contributed by atoms with Crippen molar-refractivity contribution in [1.82, 2.24) is 15.4 Å². The van der Waals surface area contributed by atoms with E-state index < -0.39 is 17.9 Å². The number of likely N-dealkylation sites (tertiary alicyclic amines) is 1. The number of carboxylic acid groups (broad SMARTS) is 1. The van der Waals surface area contributed by atoms with Crippen LogP contribution in [0.2, 0.25) is 10.0 Å². The van der Waals surface area contributed by atoms with Gasteiger partial charge in [-0.05, 0) is 42.0 Å². The van der Waals surface area contributed by atoms with Gasteiger partial charge in [-0.25, -0.2) is 4.79 Å². The summed E-state index contributed by atoms with van der Waals surface area (Å²) in [5.41, 5.74) is 1.34. The van der Waals surface area contributed by atoms with Crippen molar-refractivity contribution in [2.45, 2.75) is 25.0 Å². The Bertz CT molecular complexity index is 1520. The first-order valence-corrected chi connectivity index (χ1v) is 12.9. The minimum atomic E-state index is -1.20. The van der Waals surface area contributed by atoms with Gasteiger partial charge in [-0.15, -0.1) is 0 Å². The summed E-state index contributed by atoms with van der Waals surface area (Å²) in [6.07, 6.45) is 0.484. The monoisotopic (exact) mass is 567 g/mol. The van der Waals surface area contributed by atoms with E-state index >= 15 is 0 Å². The standard InChI is InChI=1S/C28H23Cl2N3O6/c29-20-5-3-6-21(30)24(20)26(34)31-23(28(36)37)14-16-8-10-17(11-9-16)38-18-12-13-33(15-18)27(35)25-19-4-1-2-7-22(19)32-39-25/h1-11,18,23H,12-15H2,(H,31,34)(H,36,37)/t18-,23-/m0/s1. The highest BCUT2D eigenvalue weighted by Gasteiger charge is 2.31. The average molecular weight is 568 g/mol. The van der Waals surface area contributed by atoms with Gasteiger partial charge in [-0.2, -0.15) is 0 Å². The van der Waals surface area contributed by atoms with Gasteiger partial charge in [0.25, 0.3) is 11.8 Å². The van der Waals surface area contributed by atoms with Crippen LogP contribution >= 0.6 is 23.2 Å². The maximum absolute atomic E-state index is 13.0. The highest BCUT2D eigenvalue weighted by Crippen LogP contribution is 2.26. The SMILES string of the molecule is O=C(N[C@@H](Cc1ccc(O[C@H]2CCN(C(=O)c3onc4ccccc34)C2)cc1)C(=O)O)c1c(Cl)cccc1Cl. The van der Waals surface area contributed by atoms with Crippen LogP contribution in [-0.4, -0.2) is 58.2 Å². The number of carbonyl (C=O) groups is 3. The van der Waals surface area contributed by atoms with Crippen molar-refractivity contribution in [2.75, 3.05) is 13.1 Å². The lowest BCUT2D eigenvalue weighted by Crippen LogP contribution is -2.42. The third-order valence-corrected chi connectivity index (χ3v) is 7.10. The molecule has 1 aliphatic rings. The van der Waals surface area contributed by atoms with Crippen LogP contribution < -0.4 is 10.1 Å². The number of aliphatic carboxylic acids is 1. The van der Waals surface area contributed by atoms with Crippen molar-refractivity contribution in [1.29, 1.82) is 0 Å². The van der Waals surface area contributed by atoms with Crippen LogP contribution in [0.25, 0.3) is 10.9 Å². The number of halogens is 2. The molecule has 0 unspecified atom stereocenters. The van der Waals surface area contributed by atoms with Gasteiger partial charge in [0, 0.05) is 19.4 Å². The molecule has 5 rings (SSSR count). The van der Waals surface area contributed by atoms with Crippen LogP contribution in [0.1, 0.15) is 32.9 Å². The highest BCUT2D eigenvalue weighted by atomic mass is 35.5. The number of benzene rings is 3. The van der Waals surface area contributed by atoms with Gasteiger partial charge in [0.1, 0.15) is 23.4 Å². The van der Waals surface area contributed by atoms with Crippen molar-refractivity contribution in [3.8, 4) is 5.75 Å². The molecule has 0 spiro atoms. The molecule has 2 amide bonds. The van der Waals surface area contributed by atoms with Crippen molar-refractivity contribution >= 4 is 51.9 Å². The van der Waals surface area contributed by atoms with Gasteiger partial charge in [-0.3, -0.25) is 9.59 Å². The number of carboxylic acids is 1. The van der Waals surface area contributed by atoms with Gasteiger partial charge in [0.15, 0.2) is 0 Å². The first-order valence-electron chi connectivity index (χ1n) is 12.2. The van der Waals surface area contributed by atoms with Crippen LogP contribution in [0.5, 0.6) is 5.75 Å². The third kappa shape index (κ3) is 5.84. The maximum Gasteiger partial charge on any atom is 0.326 e. The van der Waals surface area contributed by atoms with Gasteiger partial charge in [0.2, 0.25) is 5.76 Å². The summed E-state index contributed by atoms with van der Waals surface area (Å²) in [6.45, 7) is 0.916. The largest absolute Gasteiger partial charge is 0.489 e. The molecule has 2 heterocycles. The molecule has 0 bridgehead atoms. The van der Waals surface area contributed by atoms with Gasteiger partial charge in [0.05, 0.1) is 27.5 Å². The Morgan fingerprint density at radius 1 is 1.05 bits per heavy atom. The quantitative estimate of drug-likeness (QED) is 0.312. The molecule has 1 aromatic heterocycles. The number of fused-ring (bicyclic) bond motifs is 1. The molecular weight excluding hydrogens is 545 g/mol. The number of rotatable bonds is 8. The lowest BCUT2D eigenvalue weighted by atomic mass is 10.0. The zero-order valence-electron chi connectivity index (χ0n) is 20.5. The highest BCUT2D eigenvalue weighted by molar-refractivity contribution is 6.39. The summed E-state index contributed by atoms with van der Waals surface area (Å²) in [6, 6.07) is 17.6. The first-order chi connectivity index (χ1) is 18.8. The fourth-order valence-electron chi connectivity index (χ4n) is 4.47. The molecule has 0 saturated carbocycles. The van der Waals surface area contributed by atoms with Crippen LogP contribution in [0.15, 0.2) is 71.3 Å². The average Bonchev–Trinajstić information content (AvgIpc) is 3.56. The summed E-state index contributed by atoms with van der Waals surface area (Å²) < 4.78 is 11.4. The second-order valence-corrected chi connectivity index (χ2v) is 9.93. The number of hydrogen-bond donors (Lipinski definition) is 2. The number of nitrogens with zero attached hydrogens (tertiary/aromatic N) is 2. The summed E-state index contributed by atoms with van der Waals surface area (Å²) in [4.78, 5) is 39.1. The Balaban J connectivity index is 1.18. The second kappa shape index (κ2) is 11.3. The molecule has 1 saturated heterocycles. The van der Waals surface area contributed by atoms with E-state index in [9.17, 15) is 19.5 Å². The van der Waals surface area contributed by atoms with E-state index in [0.29, 0.717) is 41.7 Å². The molecule has 2 N–H and O–H groups in total. The van der Waals surface area contributed by atoms with Crippen molar-refractivity contribution in [2.24, 2.45) is 0 Å². The Morgan fingerprint density at radius 3 is 2.49 bits per heavy atom. The minimum Gasteiger partial charge on any atom is -0.489 e. The normalized spacial score (nSPS) is 15.7. The minimum absolute atomic E-state index is 0.0245. The van der Waals surface area contributed by atoms with E-state index in [2.05, 4.69) is 10.5 Å². The number of amides is 2. The number of carbonyl (C=O) groups excluding carboxylic acids is 2. The first kappa shape index (κ1) is 26.5. The van der Waals surface area contributed by atoms with Crippen LogP contribution in [-0.2, 0) is 11.2 Å². The molecule has 11 heteroatoms. The summed E-state index contributed by atoms with van der Waals surface area (Å²) in [5.74, 6) is -1.29. The molecule has 39 heavy (non-hydrogen) atoms. The van der Waals surface area contributed by atoms with Gasteiger partial charge < -0.3 is 24.6 Å². The molecule has 0 aliphatic carbocycles. The molecule has 1 aliphatic heterocycles. The predicted octanol–water partition coefficient (Wildman–Crippen LogP) is 4.85. The predicted molar refractivity (Wildman–Crippen MR) is 144 cm³/mol. The molecule has 3 aromatic carbocycles. The van der Waals surface area contributed by atoms with Crippen LogP contribution in [0, 0.1) is 0 Å². The smallest absolute Gasteiger partial charge is 0.326 e. The molecule has 9 nitrogen and oxygen atoms in total. The number of aromatic nitrogens is 1. The Labute approximate surface area is 233 Å². The van der Waals surface area contributed by atoms with Crippen molar-refractivity contribution in [3.63, 3.8) is 0 Å². The topological polar surface area (TPSA) is 122 Å². The molecule has 2 atom stereocenters. The van der Waals surface area contributed by atoms with Crippen LogP contribution in [0.3, 0.4) is 0 Å².